The molecule has 4 rings (SSSR count). The Morgan fingerprint density at radius 2 is 1.88 bits per heavy atom. The van der Waals surface area contributed by atoms with Gasteiger partial charge in [0.2, 0.25) is 6.79 Å². The maximum absolute atomic E-state index is 12.5. The zero-order valence-electron chi connectivity index (χ0n) is 13.9. The molecule has 3 aromatic rings. The lowest BCUT2D eigenvalue weighted by Crippen LogP contribution is -2.12. The van der Waals surface area contributed by atoms with Crippen molar-refractivity contribution in [3.8, 4) is 28.4 Å². The van der Waals surface area contributed by atoms with E-state index in [1.807, 2.05) is 19.0 Å². The molecule has 0 unspecified atom stereocenters. The first-order chi connectivity index (χ1) is 12.0. The van der Waals surface area contributed by atoms with Crippen LogP contribution in [0.2, 0.25) is 0 Å². The summed E-state index contributed by atoms with van der Waals surface area (Å²) in [4.78, 5) is 14.5. The van der Waals surface area contributed by atoms with Gasteiger partial charge in [-0.3, -0.25) is 0 Å². The first-order valence-electron chi connectivity index (χ1n) is 7.86. The summed E-state index contributed by atoms with van der Waals surface area (Å²) in [5.74, 6) is 1.38. The SMILES string of the molecule is CN(C)Cc1c(O)ccc2cc(-c3ccc4c(c3)OCO4)c(=O)oc12. The normalized spacial score (nSPS) is 12.9. The average Bonchev–Trinajstić information content (AvgIpc) is 3.04. The van der Waals surface area contributed by atoms with Gasteiger partial charge < -0.3 is 23.9 Å². The zero-order chi connectivity index (χ0) is 17.6. The van der Waals surface area contributed by atoms with Crippen molar-refractivity contribution in [1.29, 1.82) is 0 Å². The van der Waals surface area contributed by atoms with Gasteiger partial charge in [-0.05, 0) is 50.0 Å². The Labute approximate surface area is 143 Å². The Hall–Kier alpha value is -2.99. The number of aromatic hydroxyl groups is 1. The molecule has 1 aromatic heterocycles. The van der Waals surface area contributed by atoms with Crippen LogP contribution < -0.4 is 15.1 Å². The lowest BCUT2D eigenvalue weighted by atomic mass is 10.0. The van der Waals surface area contributed by atoms with Crippen LogP contribution in [0.1, 0.15) is 5.56 Å². The second-order valence-corrected chi connectivity index (χ2v) is 6.23. The molecule has 0 saturated heterocycles. The van der Waals surface area contributed by atoms with Gasteiger partial charge in [0.15, 0.2) is 11.5 Å². The fraction of sp³-hybridized carbons (Fsp3) is 0.211. The highest BCUT2D eigenvalue weighted by molar-refractivity contribution is 5.86. The van der Waals surface area contributed by atoms with E-state index in [-0.39, 0.29) is 12.5 Å². The molecule has 25 heavy (non-hydrogen) atoms. The van der Waals surface area contributed by atoms with Crippen LogP contribution in [0, 0.1) is 0 Å². The van der Waals surface area contributed by atoms with Crippen LogP contribution in [0.5, 0.6) is 17.2 Å². The van der Waals surface area contributed by atoms with E-state index in [9.17, 15) is 9.90 Å². The summed E-state index contributed by atoms with van der Waals surface area (Å²) in [5, 5.41) is 10.9. The van der Waals surface area contributed by atoms with Gasteiger partial charge in [-0.15, -0.1) is 0 Å². The number of nitrogens with zero attached hydrogens (tertiary/aromatic N) is 1. The molecule has 0 atom stereocenters. The van der Waals surface area contributed by atoms with Crippen molar-refractivity contribution in [2.45, 2.75) is 6.54 Å². The van der Waals surface area contributed by atoms with Crippen molar-refractivity contribution >= 4 is 11.0 Å². The van der Waals surface area contributed by atoms with Crippen molar-refractivity contribution in [3.63, 3.8) is 0 Å². The number of benzene rings is 2. The molecular weight excluding hydrogens is 322 g/mol. The third-order valence-electron chi connectivity index (χ3n) is 4.14. The summed E-state index contributed by atoms with van der Waals surface area (Å²) in [5.41, 5.74) is 1.67. The molecule has 1 aliphatic heterocycles. The Morgan fingerprint density at radius 3 is 2.68 bits per heavy atom. The molecule has 2 heterocycles. The summed E-state index contributed by atoms with van der Waals surface area (Å²) in [7, 11) is 3.77. The molecule has 0 bridgehead atoms. The van der Waals surface area contributed by atoms with Crippen LogP contribution in [0.15, 0.2) is 45.6 Å². The number of hydrogen-bond donors (Lipinski definition) is 1. The Balaban J connectivity index is 1.88. The quantitative estimate of drug-likeness (QED) is 0.740. The number of phenols is 1. The minimum absolute atomic E-state index is 0.111. The van der Waals surface area contributed by atoms with Gasteiger partial charge >= 0.3 is 5.63 Å². The molecule has 1 N–H and O–H groups in total. The van der Waals surface area contributed by atoms with E-state index >= 15 is 0 Å². The van der Waals surface area contributed by atoms with E-state index < -0.39 is 5.63 Å². The van der Waals surface area contributed by atoms with Crippen molar-refractivity contribution in [3.05, 3.63) is 52.4 Å². The monoisotopic (exact) mass is 339 g/mol. The maximum atomic E-state index is 12.5. The molecule has 6 nitrogen and oxygen atoms in total. The summed E-state index contributed by atoms with van der Waals surface area (Å²) in [6.07, 6.45) is 0. The topological polar surface area (TPSA) is 72.1 Å². The number of ether oxygens (including phenoxy) is 2. The van der Waals surface area contributed by atoms with Gasteiger partial charge in [-0.1, -0.05) is 6.07 Å². The molecular formula is C19H17NO5. The number of phenolic OH excluding ortho intramolecular Hbond substituents is 1. The van der Waals surface area contributed by atoms with Crippen molar-refractivity contribution in [2.75, 3.05) is 20.9 Å². The number of rotatable bonds is 3. The summed E-state index contributed by atoms with van der Waals surface area (Å²) < 4.78 is 16.2. The van der Waals surface area contributed by atoms with E-state index in [4.69, 9.17) is 13.9 Å². The molecule has 0 fully saturated rings. The van der Waals surface area contributed by atoms with Gasteiger partial charge in [0, 0.05) is 11.9 Å². The predicted octanol–water partition coefficient (Wildman–Crippen LogP) is 2.96. The highest BCUT2D eigenvalue weighted by Crippen LogP contribution is 2.36. The molecule has 0 amide bonds. The Bertz CT molecular complexity index is 1020. The fourth-order valence-corrected chi connectivity index (χ4v) is 2.97. The third kappa shape index (κ3) is 2.70. The van der Waals surface area contributed by atoms with E-state index in [1.165, 1.54) is 0 Å². The molecule has 0 saturated carbocycles. The first kappa shape index (κ1) is 15.5. The zero-order valence-corrected chi connectivity index (χ0v) is 13.9. The lowest BCUT2D eigenvalue weighted by Gasteiger charge is -2.13. The van der Waals surface area contributed by atoms with Crippen LogP contribution >= 0.6 is 0 Å². The highest BCUT2D eigenvalue weighted by atomic mass is 16.7. The van der Waals surface area contributed by atoms with Gasteiger partial charge in [-0.25, -0.2) is 4.79 Å². The van der Waals surface area contributed by atoms with E-state index in [0.29, 0.717) is 40.3 Å². The van der Waals surface area contributed by atoms with E-state index in [1.54, 1.807) is 36.4 Å². The molecule has 0 radical (unpaired) electrons. The fourth-order valence-electron chi connectivity index (χ4n) is 2.97. The second-order valence-electron chi connectivity index (χ2n) is 6.23. The lowest BCUT2D eigenvalue weighted by molar-refractivity contribution is 0.174. The van der Waals surface area contributed by atoms with E-state index in [2.05, 4.69) is 0 Å². The minimum atomic E-state index is -0.461. The van der Waals surface area contributed by atoms with Gasteiger partial charge in [0.25, 0.3) is 0 Å². The molecule has 0 aliphatic carbocycles. The Morgan fingerprint density at radius 1 is 1.08 bits per heavy atom. The van der Waals surface area contributed by atoms with Crippen LogP contribution in [0.3, 0.4) is 0 Å². The van der Waals surface area contributed by atoms with Gasteiger partial charge in [0.1, 0.15) is 11.3 Å². The Kier molecular flexibility index (Phi) is 3.62. The molecule has 0 spiro atoms. The summed E-state index contributed by atoms with van der Waals surface area (Å²) in [6, 6.07) is 10.5. The minimum Gasteiger partial charge on any atom is -0.507 e. The van der Waals surface area contributed by atoms with Crippen LogP contribution in [0.4, 0.5) is 0 Å². The van der Waals surface area contributed by atoms with Crippen molar-refractivity contribution in [2.24, 2.45) is 0 Å². The molecule has 2 aromatic carbocycles. The van der Waals surface area contributed by atoms with Crippen molar-refractivity contribution < 1.29 is 19.0 Å². The predicted molar refractivity (Wildman–Crippen MR) is 93.1 cm³/mol. The molecule has 6 heteroatoms. The standard InChI is InChI=1S/C19H17NO5/c1-20(2)9-14-15(21)5-3-12-7-13(19(22)25-18(12)14)11-4-6-16-17(8-11)24-10-23-16/h3-8,21H,9-10H2,1-2H3. The van der Waals surface area contributed by atoms with E-state index in [0.717, 1.165) is 5.39 Å². The average molecular weight is 339 g/mol. The second kappa shape index (κ2) is 5.82. The summed E-state index contributed by atoms with van der Waals surface area (Å²) >= 11 is 0. The smallest absolute Gasteiger partial charge is 0.344 e. The number of fused-ring (bicyclic) bond motifs is 2. The maximum Gasteiger partial charge on any atom is 0.344 e. The van der Waals surface area contributed by atoms with Crippen LogP contribution in [-0.4, -0.2) is 30.9 Å². The van der Waals surface area contributed by atoms with Crippen molar-refractivity contribution in [1.82, 2.24) is 4.90 Å². The van der Waals surface area contributed by atoms with Gasteiger partial charge in [-0.2, -0.15) is 0 Å². The third-order valence-corrected chi connectivity index (χ3v) is 4.14. The highest BCUT2D eigenvalue weighted by Gasteiger charge is 2.18. The summed E-state index contributed by atoms with van der Waals surface area (Å²) in [6.45, 7) is 0.647. The van der Waals surface area contributed by atoms with Crippen LogP contribution in [0.25, 0.3) is 22.1 Å². The first-order valence-corrected chi connectivity index (χ1v) is 7.86. The largest absolute Gasteiger partial charge is 0.507 e. The molecule has 1 aliphatic rings. The van der Waals surface area contributed by atoms with Crippen LogP contribution in [-0.2, 0) is 6.54 Å². The number of hydrogen-bond acceptors (Lipinski definition) is 6. The van der Waals surface area contributed by atoms with Gasteiger partial charge in [0.05, 0.1) is 11.1 Å². The molecule has 128 valence electrons.